The molecule has 1 aromatic carbocycles. The number of rotatable bonds is 6. The lowest BCUT2D eigenvalue weighted by Gasteiger charge is -2.02. The molecule has 0 aliphatic rings. The summed E-state index contributed by atoms with van der Waals surface area (Å²) in [6.45, 7) is -0.524. The van der Waals surface area contributed by atoms with E-state index in [9.17, 15) is 8.78 Å². The van der Waals surface area contributed by atoms with Crippen LogP contribution in [0.2, 0.25) is 5.02 Å². The van der Waals surface area contributed by atoms with Crippen LogP contribution < -0.4 is 5.73 Å². The third-order valence-electron chi connectivity index (χ3n) is 2.44. The van der Waals surface area contributed by atoms with Gasteiger partial charge < -0.3 is 15.0 Å². The maximum Gasteiger partial charge on any atom is 0.261 e. The summed E-state index contributed by atoms with van der Waals surface area (Å²) in [6, 6.07) is 5.02. The van der Waals surface area contributed by atoms with Gasteiger partial charge >= 0.3 is 0 Å². The van der Waals surface area contributed by atoms with Gasteiger partial charge in [0.05, 0.1) is 17.2 Å². The lowest BCUT2D eigenvalue weighted by atomic mass is 10.2. The summed E-state index contributed by atoms with van der Waals surface area (Å²) in [5.41, 5.74) is 6.68. The Kier molecular flexibility index (Phi) is 4.86. The molecule has 0 spiro atoms. The van der Waals surface area contributed by atoms with Crippen molar-refractivity contribution in [3.63, 3.8) is 0 Å². The van der Waals surface area contributed by atoms with E-state index in [1.54, 1.807) is 18.2 Å². The third-order valence-corrected chi connectivity index (χ3v) is 2.76. The Hall–Kier alpha value is -1.73. The van der Waals surface area contributed by atoms with Crippen molar-refractivity contribution in [2.75, 3.05) is 18.9 Å². The van der Waals surface area contributed by atoms with Gasteiger partial charge in [0, 0.05) is 12.1 Å². The number of ether oxygens (including phenoxy) is 1. The standard InChI is InChI=1S/C12H12ClF2N3O2/c13-7-2-1-3-8(16)11(7)12-17-10(18-20-12)4-5-19-6-9(14)15/h1-3,9H,4-6,16H2. The zero-order valence-corrected chi connectivity index (χ0v) is 11.1. The van der Waals surface area contributed by atoms with Gasteiger partial charge in [0.2, 0.25) is 0 Å². The van der Waals surface area contributed by atoms with E-state index in [1.165, 1.54) is 0 Å². The van der Waals surface area contributed by atoms with Crippen LogP contribution in [-0.4, -0.2) is 29.8 Å². The molecule has 20 heavy (non-hydrogen) atoms. The molecule has 1 aromatic heterocycles. The SMILES string of the molecule is Nc1cccc(Cl)c1-c1nc(CCOCC(F)F)no1. The molecule has 8 heteroatoms. The van der Waals surface area contributed by atoms with E-state index in [-0.39, 0.29) is 18.9 Å². The predicted molar refractivity (Wildman–Crippen MR) is 69.7 cm³/mol. The van der Waals surface area contributed by atoms with E-state index in [0.29, 0.717) is 22.1 Å². The molecule has 0 atom stereocenters. The highest BCUT2D eigenvalue weighted by molar-refractivity contribution is 6.33. The molecule has 0 bridgehead atoms. The first-order chi connectivity index (χ1) is 9.58. The number of hydrogen-bond donors (Lipinski definition) is 1. The van der Waals surface area contributed by atoms with E-state index in [1.807, 2.05) is 0 Å². The molecule has 0 amide bonds. The van der Waals surface area contributed by atoms with Crippen LogP contribution in [0.4, 0.5) is 14.5 Å². The first kappa shape index (κ1) is 14.7. The van der Waals surface area contributed by atoms with Crippen molar-refractivity contribution < 1.29 is 18.0 Å². The van der Waals surface area contributed by atoms with E-state index >= 15 is 0 Å². The molecule has 0 radical (unpaired) electrons. The number of hydrogen-bond acceptors (Lipinski definition) is 5. The highest BCUT2D eigenvalue weighted by atomic mass is 35.5. The average molecular weight is 304 g/mol. The molecule has 1 heterocycles. The zero-order valence-electron chi connectivity index (χ0n) is 10.4. The lowest BCUT2D eigenvalue weighted by molar-refractivity contribution is 0.0182. The maximum atomic E-state index is 11.9. The van der Waals surface area contributed by atoms with Gasteiger partial charge in [-0.15, -0.1) is 0 Å². The van der Waals surface area contributed by atoms with Crippen molar-refractivity contribution >= 4 is 17.3 Å². The molecule has 2 aromatic rings. The monoisotopic (exact) mass is 303 g/mol. The number of anilines is 1. The summed E-state index contributed by atoms with van der Waals surface area (Å²) in [4.78, 5) is 4.11. The molecule has 0 fully saturated rings. The number of benzene rings is 1. The highest BCUT2D eigenvalue weighted by Gasteiger charge is 2.15. The largest absolute Gasteiger partial charge is 0.398 e. The van der Waals surface area contributed by atoms with Crippen molar-refractivity contribution in [2.24, 2.45) is 0 Å². The smallest absolute Gasteiger partial charge is 0.261 e. The van der Waals surface area contributed by atoms with Crippen LogP contribution >= 0.6 is 11.6 Å². The summed E-state index contributed by atoms with van der Waals surface area (Å²) in [7, 11) is 0. The Morgan fingerprint density at radius 1 is 1.40 bits per heavy atom. The highest BCUT2D eigenvalue weighted by Crippen LogP contribution is 2.31. The minimum absolute atomic E-state index is 0.0846. The third kappa shape index (κ3) is 3.64. The molecule has 0 aliphatic carbocycles. The van der Waals surface area contributed by atoms with Gasteiger partial charge in [0.1, 0.15) is 6.61 Å². The number of nitrogen functional groups attached to an aromatic ring is 1. The molecule has 2 rings (SSSR count). The second kappa shape index (κ2) is 6.62. The normalized spacial score (nSPS) is 11.2. The maximum absolute atomic E-state index is 11.9. The molecule has 0 saturated heterocycles. The van der Waals surface area contributed by atoms with E-state index in [0.717, 1.165) is 0 Å². The van der Waals surface area contributed by atoms with Crippen LogP contribution in [0, 0.1) is 0 Å². The van der Waals surface area contributed by atoms with Crippen LogP contribution in [0.1, 0.15) is 5.82 Å². The van der Waals surface area contributed by atoms with Crippen molar-refractivity contribution in [3.8, 4) is 11.5 Å². The van der Waals surface area contributed by atoms with Crippen LogP contribution in [0.15, 0.2) is 22.7 Å². The number of nitrogens with two attached hydrogens (primary N) is 1. The topological polar surface area (TPSA) is 74.2 Å². The molecule has 5 nitrogen and oxygen atoms in total. The van der Waals surface area contributed by atoms with Gasteiger partial charge in [0.25, 0.3) is 12.3 Å². The van der Waals surface area contributed by atoms with Gasteiger partial charge in [-0.3, -0.25) is 0 Å². The van der Waals surface area contributed by atoms with Crippen LogP contribution in [0.3, 0.4) is 0 Å². The second-order valence-electron chi connectivity index (χ2n) is 3.94. The summed E-state index contributed by atoms with van der Waals surface area (Å²) in [5.74, 6) is 0.533. The van der Waals surface area contributed by atoms with E-state index in [2.05, 4.69) is 10.1 Å². The molecular weight excluding hydrogens is 292 g/mol. The van der Waals surface area contributed by atoms with Crippen LogP contribution in [0.5, 0.6) is 0 Å². The lowest BCUT2D eigenvalue weighted by Crippen LogP contribution is -2.07. The zero-order chi connectivity index (χ0) is 14.5. The van der Waals surface area contributed by atoms with Crippen LogP contribution in [0.25, 0.3) is 11.5 Å². The van der Waals surface area contributed by atoms with Gasteiger partial charge in [0.15, 0.2) is 5.82 Å². The quantitative estimate of drug-likeness (QED) is 0.656. The van der Waals surface area contributed by atoms with Crippen LogP contribution in [-0.2, 0) is 11.2 Å². The number of aromatic nitrogens is 2. The number of halogens is 3. The summed E-state index contributed by atoms with van der Waals surface area (Å²) in [5, 5.41) is 4.12. The minimum Gasteiger partial charge on any atom is -0.398 e. The average Bonchev–Trinajstić information content (AvgIpc) is 2.83. The van der Waals surface area contributed by atoms with E-state index < -0.39 is 13.0 Å². The van der Waals surface area contributed by atoms with Crippen molar-refractivity contribution in [1.82, 2.24) is 10.1 Å². The van der Waals surface area contributed by atoms with E-state index in [4.69, 9.17) is 26.6 Å². The summed E-state index contributed by atoms with van der Waals surface area (Å²) in [6.07, 6.45) is -2.22. The van der Waals surface area contributed by atoms with Crippen molar-refractivity contribution in [3.05, 3.63) is 29.0 Å². The van der Waals surface area contributed by atoms with Gasteiger partial charge in [-0.05, 0) is 12.1 Å². The Morgan fingerprint density at radius 2 is 2.20 bits per heavy atom. The van der Waals surface area contributed by atoms with Crippen molar-refractivity contribution in [1.29, 1.82) is 0 Å². The Morgan fingerprint density at radius 3 is 2.90 bits per heavy atom. The molecular formula is C12H12ClF2N3O2. The van der Waals surface area contributed by atoms with Gasteiger partial charge in [-0.25, -0.2) is 8.78 Å². The Balaban J connectivity index is 2.02. The number of nitrogens with zero attached hydrogens (tertiary/aromatic N) is 2. The van der Waals surface area contributed by atoms with Gasteiger partial charge in [-0.1, -0.05) is 22.8 Å². The molecule has 0 saturated carbocycles. The fraction of sp³-hybridized carbons (Fsp3) is 0.333. The molecule has 108 valence electrons. The van der Waals surface area contributed by atoms with Crippen molar-refractivity contribution in [2.45, 2.75) is 12.8 Å². The first-order valence-electron chi connectivity index (χ1n) is 5.80. The molecule has 0 unspecified atom stereocenters. The van der Waals surface area contributed by atoms with Gasteiger partial charge in [-0.2, -0.15) is 4.98 Å². The predicted octanol–water partition coefficient (Wildman–Crippen LogP) is 2.80. The Bertz CT molecular complexity index is 557. The summed E-state index contributed by atoms with van der Waals surface area (Å²) >= 11 is 6.02. The minimum atomic E-state index is -2.49. The Labute approximate surface area is 118 Å². The number of alkyl halides is 2. The molecule has 2 N–H and O–H groups in total. The fourth-order valence-electron chi connectivity index (χ4n) is 1.56. The fourth-order valence-corrected chi connectivity index (χ4v) is 1.82. The first-order valence-corrected chi connectivity index (χ1v) is 6.18. The summed E-state index contributed by atoms with van der Waals surface area (Å²) < 4.78 is 33.5. The second-order valence-corrected chi connectivity index (χ2v) is 4.34. The molecule has 0 aliphatic heterocycles.